The van der Waals surface area contributed by atoms with Crippen LogP contribution in [0, 0.1) is 23.3 Å². The fraction of sp³-hybridized carbons (Fsp3) is 0.250. The zero-order valence-electron chi connectivity index (χ0n) is 17.0. The van der Waals surface area contributed by atoms with E-state index in [1.165, 1.54) is 0 Å². The molecule has 0 unspecified atom stereocenters. The quantitative estimate of drug-likeness (QED) is 0.308. The van der Waals surface area contributed by atoms with Crippen molar-refractivity contribution in [1.82, 2.24) is 0 Å². The highest BCUT2D eigenvalue weighted by molar-refractivity contribution is 6.88. The topological polar surface area (TPSA) is 0 Å². The molecule has 0 bridgehead atoms. The molecule has 0 nitrogen and oxygen atoms in total. The first-order chi connectivity index (χ1) is 13.6. The lowest BCUT2D eigenvalue weighted by Crippen LogP contribution is -2.40. The maximum absolute atomic E-state index is 14.7. The Hall–Kier alpha value is -2.40. The second-order valence-corrected chi connectivity index (χ2v) is 13.3. The van der Waals surface area contributed by atoms with Gasteiger partial charge in [-0.05, 0) is 28.3 Å². The Labute approximate surface area is 170 Å². The number of halogens is 4. The summed E-state index contributed by atoms with van der Waals surface area (Å²) in [7, 11) is -2.00. The van der Waals surface area contributed by atoms with E-state index in [0.717, 1.165) is 6.42 Å². The summed E-state index contributed by atoms with van der Waals surface area (Å²) in [4.78, 5) is 0. The summed E-state index contributed by atoms with van der Waals surface area (Å²) in [6.07, 6.45) is 1.20. The summed E-state index contributed by atoms with van der Waals surface area (Å²) in [6.45, 7) is 7.78. The maximum atomic E-state index is 14.7. The summed E-state index contributed by atoms with van der Waals surface area (Å²) in [5.74, 6) is -3.40. The number of aryl methyl sites for hydroxylation is 1. The summed E-state index contributed by atoms with van der Waals surface area (Å²) < 4.78 is 58.0. The molecule has 5 heteroatoms. The first-order valence-electron chi connectivity index (χ1n) is 9.71. The molecule has 3 rings (SSSR count). The molecule has 0 aliphatic carbocycles. The van der Waals surface area contributed by atoms with Crippen molar-refractivity contribution in [1.29, 1.82) is 0 Å². The molecule has 3 aromatic rings. The van der Waals surface area contributed by atoms with Crippen molar-refractivity contribution >= 4 is 13.3 Å². The molecule has 3 aromatic carbocycles. The highest BCUT2D eigenvalue weighted by atomic mass is 28.3. The van der Waals surface area contributed by atoms with Crippen LogP contribution in [0.3, 0.4) is 0 Å². The van der Waals surface area contributed by atoms with Crippen molar-refractivity contribution in [3.63, 3.8) is 0 Å². The average molecular weight is 417 g/mol. The van der Waals surface area contributed by atoms with Crippen LogP contribution in [0.25, 0.3) is 22.3 Å². The van der Waals surface area contributed by atoms with Crippen molar-refractivity contribution in [3.8, 4) is 22.3 Å². The van der Waals surface area contributed by atoms with Crippen molar-refractivity contribution < 1.29 is 17.6 Å². The van der Waals surface area contributed by atoms with Gasteiger partial charge in [-0.3, -0.25) is 0 Å². The van der Waals surface area contributed by atoms with Gasteiger partial charge in [-0.1, -0.05) is 81.5 Å². The molecule has 0 saturated carbocycles. The molecule has 0 heterocycles. The van der Waals surface area contributed by atoms with Gasteiger partial charge in [0.05, 0.1) is 8.07 Å². The fourth-order valence-electron chi connectivity index (χ4n) is 3.46. The van der Waals surface area contributed by atoms with Crippen molar-refractivity contribution in [3.05, 3.63) is 77.4 Å². The summed E-state index contributed by atoms with van der Waals surface area (Å²) in [5.41, 5.74) is 1.62. The van der Waals surface area contributed by atoms with Crippen LogP contribution in [0.2, 0.25) is 19.6 Å². The molecule has 0 saturated heterocycles. The second kappa shape index (κ2) is 8.15. The Morgan fingerprint density at radius 1 is 0.621 bits per heavy atom. The number of benzene rings is 3. The standard InChI is InChI=1S/C24H24F4Si/c1-5-6-17-11-12-18(22(26)21(17)25)15-7-9-16(10-8-15)19-13-14-20(29(2,3)4)24(28)23(19)27/h7-14H,5-6H2,1-4H3. The largest absolute Gasteiger partial charge is 0.204 e. The first-order valence-corrected chi connectivity index (χ1v) is 13.2. The van der Waals surface area contributed by atoms with Gasteiger partial charge in [0, 0.05) is 11.1 Å². The Morgan fingerprint density at radius 2 is 1.10 bits per heavy atom. The minimum absolute atomic E-state index is 0.148. The molecule has 0 radical (unpaired) electrons. The lowest BCUT2D eigenvalue weighted by atomic mass is 9.97. The maximum Gasteiger partial charge on any atom is 0.166 e. The summed E-state index contributed by atoms with van der Waals surface area (Å²) in [6, 6.07) is 12.8. The predicted molar refractivity (Wildman–Crippen MR) is 114 cm³/mol. The number of hydrogen-bond donors (Lipinski definition) is 0. The third-order valence-electron chi connectivity index (χ3n) is 5.08. The molecule has 0 atom stereocenters. The SMILES string of the molecule is CCCc1ccc(-c2ccc(-c3ccc([Si](C)(C)C)c(F)c3F)cc2)c(F)c1F. The van der Waals surface area contributed by atoms with Crippen LogP contribution in [-0.2, 0) is 6.42 Å². The predicted octanol–water partition coefficient (Wildman–Crippen LogP) is 7.07. The fourth-order valence-corrected chi connectivity index (χ4v) is 4.81. The Bertz CT molecular complexity index is 1030. The van der Waals surface area contributed by atoms with Crippen LogP contribution in [0.15, 0.2) is 48.5 Å². The highest BCUT2D eigenvalue weighted by Crippen LogP contribution is 2.30. The molecule has 0 fully saturated rings. The smallest absolute Gasteiger partial charge is 0.166 e. The Kier molecular flexibility index (Phi) is 5.99. The number of rotatable bonds is 5. The van der Waals surface area contributed by atoms with Crippen molar-refractivity contribution in [2.24, 2.45) is 0 Å². The lowest BCUT2D eigenvalue weighted by Gasteiger charge is -2.19. The van der Waals surface area contributed by atoms with Crippen molar-refractivity contribution in [2.75, 3.05) is 0 Å². The van der Waals surface area contributed by atoms with Crippen LogP contribution in [0.4, 0.5) is 17.6 Å². The molecule has 0 aliphatic rings. The first kappa shape index (κ1) is 21.3. The van der Waals surface area contributed by atoms with E-state index in [9.17, 15) is 17.6 Å². The zero-order chi connectivity index (χ0) is 21.3. The van der Waals surface area contributed by atoms with Gasteiger partial charge in [0.2, 0.25) is 0 Å². The summed E-state index contributed by atoms with van der Waals surface area (Å²) >= 11 is 0. The Morgan fingerprint density at radius 3 is 1.59 bits per heavy atom. The molecule has 0 spiro atoms. The van der Waals surface area contributed by atoms with E-state index in [4.69, 9.17) is 0 Å². The van der Waals surface area contributed by atoms with Crippen molar-refractivity contribution in [2.45, 2.75) is 39.4 Å². The molecule has 0 aromatic heterocycles. The lowest BCUT2D eigenvalue weighted by molar-refractivity contribution is 0.500. The molecule has 152 valence electrons. The minimum atomic E-state index is -2.00. The van der Waals surface area contributed by atoms with Gasteiger partial charge < -0.3 is 0 Å². The minimum Gasteiger partial charge on any atom is -0.204 e. The molecular weight excluding hydrogens is 392 g/mol. The van der Waals surface area contributed by atoms with Crippen LogP contribution in [0.5, 0.6) is 0 Å². The molecular formula is C24H24F4Si. The van der Waals surface area contributed by atoms with Gasteiger partial charge >= 0.3 is 0 Å². The highest BCUT2D eigenvalue weighted by Gasteiger charge is 2.25. The monoisotopic (exact) mass is 416 g/mol. The van der Waals surface area contributed by atoms with Gasteiger partial charge in [0.25, 0.3) is 0 Å². The Balaban J connectivity index is 1.98. The van der Waals surface area contributed by atoms with Gasteiger partial charge in [-0.25, -0.2) is 17.6 Å². The van der Waals surface area contributed by atoms with E-state index >= 15 is 0 Å². The van der Waals surface area contributed by atoms with E-state index in [1.54, 1.807) is 48.5 Å². The van der Waals surface area contributed by atoms with E-state index in [2.05, 4.69) is 0 Å². The van der Waals surface area contributed by atoms with E-state index < -0.39 is 31.3 Å². The van der Waals surface area contributed by atoms with Gasteiger partial charge in [0.15, 0.2) is 23.3 Å². The second-order valence-electron chi connectivity index (χ2n) is 8.27. The van der Waals surface area contributed by atoms with Crippen LogP contribution in [0.1, 0.15) is 18.9 Å². The van der Waals surface area contributed by atoms with Gasteiger partial charge in [-0.2, -0.15) is 0 Å². The summed E-state index contributed by atoms with van der Waals surface area (Å²) in [5, 5.41) is 0.445. The van der Waals surface area contributed by atoms with Gasteiger partial charge in [-0.15, -0.1) is 0 Å². The third-order valence-corrected chi connectivity index (χ3v) is 7.08. The van der Waals surface area contributed by atoms with E-state index in [1.807, 2.05) is 26.6 Å². The van der Waals surface area contributed by atoms with Gasteiger partial charge in [0.1, 0.15) is 0 Å². The molecule has 0 N–H and O–H groups in total. The average Bonchev–Trinajstić information content (AvgIpc) is 2.67. The third kappa shape index (κ3) is 4.15. The van der Waals surface area contributed by atoms with Crippen LogP contribution in [-0.4, -0.2) is 8.07 Å². The van der Waals surface area contributed by atoms with Crippen LogP contribution < -0.4 is 5.19 Å². The zero-order valence-corrected chi connectivity index (χ0v) is 18.0. The van der Waals surface area contributed by atoms with E-state index in [0.29, 0.717) is 28.3 Å². The molecule has 29 heavy (non-hydrogen) atoms. The van der Waals surface area contributed by atoms with E-state index in [-0.39, 0.29) is 11.1 Å². The molecule has 0 amide bonds. The normalized spacial score (nSPS) is 11.7. The molecule has 0 aliphatic heterocycles. The number of hydrogen-bond acceptors (Lipinski definition) is 0. The van der Waals surface area contributed by atoms with Crippen LogP contribution >= 0.6 is 0 Å².